The number of hydrogen-bond acceptors (Lipinski definition) is 2. The first-order chi connectivity index (χ1) is 9.86. The van der Waals surface area contributed by atoms with Crippen LogP contribution in [-0.4, -0.2) is 9.97 Å². The van der Waals surface area contributed by atoms with Crippen LogP contribution in [0.2, 0.25) is 0 Å². The Kier molecular flexibility index (Phi) is 17.8. The zero-order chi connectivity index (χ0) is 15.6. The highest BCUT2D eigenvalue weighted by Gasteiger charge is 1.82. The summed E-state index contributed by atoms with van der Waals surface area (Å²) in [6, 6.07) is 11.9. The van der Waals surface area contributed by atoms with Crippen molar-refractivity contribution >= 4 is 0 Å². The second kappa shape index (κ2) is 17.3. The monoisotopic (exact) mass is 274 g/mol. The Balaban J connectivity index is 0. The summed E-state index contributed by atoms with van der Waals surface area (Å²) in [4.78, 5) is 8.19. The number of aryl methyl sites for hydroxylation is 2. The van der Waals surface area contributed by atoms with Crippen LogP contribution in [0, 0.1) is 0 Å². The van der Waals surface area contributed by atoms with E-state index in [4.69, 9.17) is 0 Å². The van der Waals surface area contributed by atoms with Crippen LogP contribution in [0.4, 0.5) is 0 Å². The van der Waals surface area contributed by atoms with Gasteiger partial charge in [-0.15, -0.1) is 0 Å². The molecular formula is C18H30N2. The molecule has 0 spiro atoms. The lowest BCUT2D eigenvalue weighted by molar-refractivity contribution is 1.04. The predicted molar refractivity (Wildman–Crippen MR) is 89.9 cm³/mol. The minimum absolute atomic E-state index is 1.03. The van der Waals surface area contributed by atoms with Gasteiger partial charge in [-0.3, -0.25) is 9.97 Å². The molecule has 0 radical (unpaired) electrons. The fraction of sp³-hybridized carbons (Fsp3) is 0.444. The Morgan fingerprint density at radius 3 is 1.15 bits per heavy atom. The number of pyridine rings is 2. The average molecular weight is 274 g/mol. The van der Waals surface area contributed by atoms with E-state index in [0.29, 0.717) is 0 Å². The van der Waals surface area contributed by atoms with Crippen molar-refractivity contribution < 1.29 is 0 Å². The molecule has 0 aromatic carbocycles. The molecule has 2 aromatic rings. The average Bonchev–Trinajstić information content (AvgIpc) is 2.60. The number of rotatable bonds is 2. The van der Waals surface area contributed by atoms with Crippen molar-refractivity contribution in [1.29, 1.82) is 0 Å². The Bertz CT molecular complexity index is 332. The highest BCUT2D eigenvalue weighted by atomic mass is 14.7. The first kappa shape index (κ1) is 20.6. The normalized spacial score (nSPS) is 7.90. The van der Waals surface area contributed by atoms with Gasteiger partial charge in [-0.25, -0.2) is 0 Å². The summed E-state index contributed by atoms with van der Waals surface area (Å²) in [6.07, 6.45) is 5.69. The van der Waals surface area contributed by atoms with Crippen molar-refractivity contribution in [2.45, 2.75) is 54.4 Å². The van der Waals surface area contributed by atoms with Gasteiger partial charge in [0.05, 0.1) is 0 Å². The Morgan fingerprint density at radius 1 is 0.650 bits per heavy atom. The van der Waals surface area contributed by atoms with Gasteiger partial charge in [-0.2, -0.15) is 0 Å². The summed E-state index contributed by atoms with van der Waals surface area (Å²) < 4.78 is 0. The van der Waals surface area contributed by atoms with E-state index in [2.05, 4.69) is 23.8 Å². The summed E-state index contributed by atoms with van der Waals surface area (Å²) in [5.74, 6) is 0. The molecule has 0 unspecified atom stereocenters. The molecule has 0 fully saturated rings. The molecule has 2 heteroatoms. The molecule has 20 heavy (non-hydrogen) atoms. The van der Waals surface area contributed by atoms with Crippen molar-refractivity contribution in [3.05, 3.63) is 60.2 Å². The van der Waals surface area contributed by atoms with Crippen LogP contribution < -0.4 is 0 Å². The van der Waals surface area contributed by atoms with E-state index in [0.717, 1.165) is 24.2 Å². The second-order valence-corrected chi connectivity index (χ2v) is 3.35. The van der Waals surface area contributed by atoms with E-state index in [-0.39, 0.29) is 0 Å². The lowest BCUT2D eigenvalue weighted by Gasteiger charge is -1.88. The lowest BCUT2D eigenvalue weighted by atomic mass is 10.3. The van der Waals surface area contributed by atoms with Gasteiger partial charge in [-0.1, -0.05) is 53.7 Å². The first-order valence-corrected chi connectivity index (χ1v) is 7.66. The third-order valence-electron chi connectivity index (χ3n) is 2.18. The summed E-state index contributed by atoms with van der Waals surface area (Å²) >= 11 is 0. The van der Waals surface area contributed by atoms with Gasteiger partial charge >= 0.3 is 0 Å². The maximum absolute atomic E-state index is 4.10. The van der Waals surface area contributed by atoms with Crippen molar-refractivity contribution in [2.24, 2.45) is 0 Å². The predicted octanol–water partition coefficient (Wildman–Crippen LogP) is 5.34. The Morgan fingerprint density at radius 2 is 1.00 bits per heavy atom. The van der Waals surface area contributed by atoms with Crippen LogP contribution >= 0.6 is 0 Å². The maximum atomic E-state index is 4.10. The smallest absolute Gasteiger partial charge is 0.0400 e. The lowest BCUT2D eigenvalue weighted by Crippen LogP contribution is -1.81. The van der Waals surface area contributed by atoms with Crippen LogP contribution in [0.1, 0.15) is 52.9 Å². The zero-order valence-corrected chi connectivity index (χ0v) is 13.9. The van der Waals surface area contributed by atoms with Gasteiger partial charge in [-0.05, 0) is 37.1 Å². The fourth-order valence-corrected chi connectivity index (χ4v) is 1.21. The van der Waals surface area contributed by atoms with Gasteiger partial charge < -0.3 is 0 Å². The van der Waals surface area contributed by atoms with E-state index >= 15 is 0 Å². The standard InChI is InChI=1S/2C7H9N.2C2H6/c2*1-2-7-5-3-4-6-8-7;2*1-2/h2*3-6H,2H2,1H3;2*1-2H3. The molecule has 0 saturated carbocycles. The zero-order valence-electron chi connectivity index (χ0n) is 13.9. The minimum atomic E-state index is 1.03. The fourth-order valence-electron chi connectivity index (χ4n) is 1.21. The topological polar surface area (TPSA) is 25.8 Å². The van der Waals surface area contributed by atoms with Crippen LogP contribution in [0.15, 0.2) is 48.8 Å². The third-order valence-corrected chi connectivity index (χ3v) is 2.18. The van der Waals surface area contributed by atoms with Gasteiger partial charge in [0.1, 0.15) is 0 Å². The van der Waals surface area contributed by atoms with Crippen molar-refractivity contribution in [2.75, 3.05) is 0 Å². The summed E-state index contributed by atoms with van der Waals surface area (Å²) in [5.41, 5.74) is 2.32. The molecule has 0 saturated heterocycles. The highest BCUT2D eigenvalue weighted by molar-refractivity contribution is 5.03. The van der Waals surface area contributed by atoms with Crippen molar-refractivity contribution in [3.8, 4) is 0 Å². The van der Waals surface area contributed by atoms with Crippen LogP contribution in [0.3, 0.4) is 0 Å². The Labute approximate surface area is 125 Å². The second-order valence-electron chi connectivity index (χ2n) is 3.35. The molecule has 0 aliphatic carbocycles. The number of nitrogens with zero attached hydrogens (tertiary/aromatic N) is 2. The molecule has 112 valence electrons. The largest absolute Gasteiger partial charge is 0.261 e. The summed E-state index contributed by atoms with van der Waals surface area (Å²) in [7, 11) is 0. The van der Waals surface area contributed by atoms with Crippen molar-refractivity contribution in [1.82, 2.24) is 9.97 Å². The maximum Gasteiger partial charge on any atom is 0.0400 e. The summed E-state index contributed by atoms with van der Waals surface area (Å²) in [5, 5.41) is 0. The third kappa shape index (κ3) is 11.4. The number of aromatic nitrogens is 2. The van der Waals surface area contributed by atoms with E-state index in [1.54, 1.807) is 0 Å². The molecule has 2 heterocycles. The molecule has 0 bridgehead atoms. The van der Waals surface area contributed by atoms with Crippen molar-refractivity contribution in [3.63, 3.8) is 0 Å². The van der Waals surface area contributed by atoms with Crippen LogP contribution in [0.5, 0.6) is 0 Å². The molecule has 2 aromatic heterocycles. The van der Waals surface area contributed by atoms with E-state index in [1.807, 2.05) is 76.5 Å². The van der Waals surface area contributed by atoms with Crippen LogP contribution in [-0.2, 0) is 12.8 Å². The van der Waals surface area contributed by atoms with E-state index < -0.39 is 0 Å². The van der Waals surface area contributed by atoms with E-state index in [1.165, 1.54) is 0 Å². The van der Waals surface area contributed by atoms with Crippen LogP contribution in [0.25, 0.3) is 0 Å². The van der Waals surface area contributed by atoms with E-state index in [9.17, 15) is 0 Å². The Hall–Kier alpha value is -1.70. The minimum Gasteiger partial charge on any atom is -0.261 e. The summed E-state index contributed by atoms with van der Waals surface area (Å²) in [6.45, 7) is 12.2. The van der Waals surface area contributed by atoms with Gasteiger partial charge in [0, 0.05) is 23.8 Å². The van der Waals surface area contributed by atoms with Gasteiger partial charge in [0.2, 0.25) is 0 Å². The molecule has 0 atom stereocenters. The quantitative estimate of drug-likeness (QED) is 0.738. The first-order valence-electron chi connectivity index (χ1n) is 7.66. The van der Waals surface area contributed by atoms with Gasteiger partial charge in [0.15, 0.2) is 0 Å². The SMILES string of the molecule is CC.CC.CCc1ccccn1.CCc1ccccn1. The molecule has 0 aliphatic heterocycles. The molecule has 0 N–H and O–H groups in total. The molecule has 0 aliphatic rings. The molecule has 0 amide bonds. The molecule has 2 nitrogen and oxygen atoms in total. The highest BCUT2D eigenvalue weighted by Crippen LogP contribution is 1.92. The number of hydrogen-bond donors (Lipinski definition) is 0. The molecule has 2 rings (SSSR count). The molecular weight excluding hydrogens is 244 g/mol. The van der Waals surface area contributed by atoms with Gasteiger partial charge in [0.25, 0.3) is 0 Å².